The molecule has 4 heteroatoms. The van der Waals surface area contributed by atoms with Crippen molar-refractivity contribution in [1.82, 2.24) is 0 Å². The third-order valence-electron chi connectivity index (χ3n) is 2.66. The second-order valence-corrected chi connectivity index (χ2v) is 5.60. The molecule has 2 N–H and O–H groups in total. The van der Waals surface area contributed by atoms with Crippen molar-refractivity contribution in [1.29, 1.82) is 0 Å². The highest BCUT2D eigenvalue weighted by molar-refractivity contribution is 7.99. The first-order valence-corrected chi connectivity index (χ1v) is 7.36. The molecule has 0 aliphatic carbocycles. The summed E-state index contributed by atoms with van der Waals surface area (Å²) in [5.74, 6) is 0.408. The van der Waals surface area contributed by atoms with Crippen LogP contribution in [0.3, 0.4) is 0 Å². The largest absolute Gasteiger partial charge is 0.461 e. The summed E-state index contributed by atoms with van der Waals surface area (Å²) < 4.78 is 5.24. The molecule has 0 saturated carbocycles. The van der Waals surface area contributed by atoms with Crippen LogP contribution in [-0.4, -0.2) is 18.3 Å². The summed E-state index contributed by atoms with van der Waals surface area (Å²) in [6.45, 7) is 2.28. The highest BCUT2D eigenvalue weighted by atomic mass is 32.2. The van der Waals surface area contributed by atoms with E-state index in [1.165, 1.54) is 4.90 Å². The van der Waals surface area contributed by atoms with Gasteiger partial charge in [0.05, 0.1) is 5.56 Å². The number of aryl methyl sites for hydroxylation is 1. The lowest BCUT2D eigenvalue weighted by Crippen LogP contribution is -2.08. The Morgan fingerprint density at radius 1 is 1.20 bits per heavy atom. The van der Waals surface area contributed by atoms with Gasteiger partial charge in [0.25, 0.3) is 0 Å². The summed E-state index contributed by atoms with van der Waals surface area (Å²) in [5.41, 5.74) is 7.76. The predicted octanol–water partition coefficient (Wildman–Crippen LogP) is 3.53. The van der Waals surface area contributed by atoms with Crippen LogP contribution in [0.2, 0.25) is 0 Å². The SMILES string of the molecule is Cc1cc(N)cc(C(=O)OCCSc2ccccc2)c1. The molecule has 20 heavy (non-hydrogen) atoms. The van der Waals surface area contributed by atoms with Crippen molar-refractivity contribution in [3.05, 3.63) is 59.7 Å². The maximum absolute atomic E-state index is 11.9. The van der Waals surface area contributed by atoms with Gasteiger partial charge in [0, 0.05) is 16.3 Å². The number of hydrogen-bond acceptors (Lipinski definition) is 4. The number of nitrogen functional groups attached to an aromatic ring is 1. The topological polar surface area (TPSA) is 52.3 Å². The second kappa shape index (κ2) is 7.01. The molecule has 0 atom stereocenters. The third-order valence-corrected chi connectivity index (χ3v) is 3.64. The number of carbonyl (C=O) groups excluding carboxylic acids is 1. The number of benzene rings is 2. The molecule has 0 fully saturated rings. The van der Waals surface area contributed by atoms with Gasteiger partial charge in [-0.15, -0.1) is 11.8 Å². The van der Waals surface area contributed by atoms with Crippen LogP contribution in [0.25, 0.3) is 0 Å². The summed E-state index contributed by atoms with van der Waals surface area (Å²) in [7, 11) is 0. The Morgan fingerprint density at radius 3 is 2.65 bits per heavy atom. The van der Waals surface area contributed by atoms with Gasteiger partial charge in [-0.25, -0.2) is 4.79 Å². The molecule has 2 rings (SSSR count). The van der Waals surface area contributed by atoms with Crippen LogP contribution in [0.15, 0.2) is 53.4 Å². The Morgan fingerprint density at radius 2 is 1.95 bits per heavy atom. The average Bonchev–Trinajstić information content (AvgIpc) is 2.43. The number of carbonyl (C=O) groups is 1. The Labute approximate surface area is 123 Å². The fourth-order valence-corrected chi connectivity index (χ4v) is 2.58. The van der Waals surface area contributed by atoms with Crippen LogP contribution in [0.5, 0.6) is 0 Å². The maximum Gasteiger partial charge on any atom is 0.338 e. The van der Waals surface area contributed by atoms with E-state index in [0.29, 0.717) is 17.9 Å². The summed E-state index contributed by atoms with van der Waals surface area (Å²) in [6.07, 6.45) is 0. The highest BCUT2D eigenvalue weighted by Crippen LogP contribution is 2.17. The van der Waals surface area contributed by atoms with E-state index in [1.807, 2.05) is 43.3 Å². The van der Waals surface area contributed by atoms with E-state index in [4.69, 9.17) is 10.5 Å². The Hall–Kier alpha value is -1.94. The molecule has 0 unspecified atom stereocenters. The van der Waals surface area contributed by atoms with E-state index in [1.54, 1.807) is 23.9 Å². The number of hydrogen-bond donors (Lipinski definition) is 1. The Kier molecular flexibility index (Phi) is 5.07. The lowest BCUT2D eigenvalue weighted by molar-refractivity contribution is 0.0530. The molecule has 3 nitrogen and oxygen atoms in total. The van der Waals surface area contributed by atoms with E-state index in [9.17, 15) is 4.79 Å². The fraction of sp³-hybridized carbons (Fsp3) is 0.188. The quantitative estimate of drug-likeness (QED) is 0.395. The molecular weight excluding hydrogens is 270 g/mol. The molecule has 104 valence electrons. The van der Waals surface area contributed by atoms with Gasteiger partial charge in [-0.05, 0) is 42.8 Å². The van der Waals surface area contributed by atoms with Crippen molar-refractivity contribution >= 4 is 23.4 Å². The number of rotatable bonds is 5. The Balaban J connectivity index is 1.80. The van der Waals surface area contributed by atoms with Crippen molar-refractivity contribution in [2.45, 2.75) is 11.8 Å². The van der Waals surface area contributed by atoms with Crippen LogP contribution in [0.4, 0.5) is 5.69 Å². The zero-order chi connectivity index (χ0) is 14.4. The fourth-order valence-electron chi connectivity index (χ4n) is 1.82. The number of thioether (sulfide) groups is 1. The number of esters is 1. The van der Waals surface area contributed by atoms with Crippen LogP contribution < -0.4 is 5.73 Å². The molecule has 0 bridgehead atoms. The lowest BCUT2D eigenvalue weighted by atomic mass is 10.1. The van der Waals surface area contributed by atoms with E-state index in [0.717, 1.165) is 11.3 Å². The van der Waals surface area contributed by atoms with Gasteiger partial charge in [0.2, 0.25) is 0 Å². The summed E-state index contributed by atoms with van der Waals surface area (Å²) in [5, 5.41) is 0. The monoisotopic (exact) mass is 287 g/mol. The molecule has 0 aliphatic heterocycles. The van der Waals surface area contributed by atoms with Crippen LogP contribution in [0, 0.1) is 6.92 Å². The van der Waals surface area contributed by atoms with Crippen molar-refractivity contribution in [2.75, 3.05) is 18.1 Å². The molecule has 0 radical (unpaired) electrons. The number of anilines is 1. The Bertz CT molecular complexity index is 564. The first kappa shape index (κ1) is 14.5. The van der Waals surface area contributed by atoms with Gasteiger partial charge in [-0.2, -0.15) is 0 Å². The smallest absolute Gasteiger partial charge is 0.338 e. The standard InChI is InChI=1S/C16H17NO2S/c1-12-9-13(11-14(17)10-12)16(18)19-7-8-20-15-5-3-2-4-6-15/h2-6,9-11H,7-8,17H2,1H3. The molecule has 0 spiro atoms. The van der Waals surface area contributed by atoms with Crippen molar-refractivity contribution < 1.29 is 9.53 Å². The maximum atomic E-state index is 11.9. The van der Waals surface area contributed by atoms with Crippen molar-refractivity contribution in [3.63, 3.8) is 0 Å². The van der Waals surface area contributed by atoms with Gasteiger partial charge in [-0.3, -0.25) is 0 Å². The minimum atomic E-state index is -0.325. The van der Waals surface area contributed by atoms with Crippen molar-refractivity contribution in [2.24, 2.45) is 0 Å². The van der Waals surface area contributed by atoms with Crippen molar-refractivity contribution in [3.8, 4) is 0 Å². The molecule has 2 aromatic carbocycles. The van der Waals surface area contributed by atoms with Crippen LogP contribution in [0.1, 0.15) is 15.9 Å². The third kappa shape index (κ3) is 4.31. The zero-order valence-electron chi connectivity index (χ0n) is 11.3. The summed E-state index contributed by atoms with van der Waals surface area (Å²) in [4.78, 5) is 13.0. The molecule has 0 aliphatic rings. The lowest BCUT2D eigenvalue weighted by Gasteiger charge is -2.06. The number of nitrogens with two attached hydrogens (primary N) is 1. The first-order chi connectivity index (χ1) is 9.65. The minimum Gasteiger partial charge on any atom is -0.461 e. The summed E-state index contributed by atoms with van der Waals surface area (Å²) >= 11 is 1.66. The van der Waals surface area contributed by atoms with Gasteiger partial charge < -0.3 is 10.5 Å². The molecule has 0 saturated heterocycles. The summed E-state index contributed by atoms with van der Waals surface area (Å²) in [6, 6.07) is 15.3. The second-order valence-electron chi connectivity index (χ2n) is 4.43. The predicted molar refractivity (Wildman–Crippen MR) is 83.0 cm³/mol. The van der Waals surface area contributed by atoms with E-state index in [2.05, 4.69) is 0 Å². The average molecular weight is 287 g/mol. The number of ether oxygens (including phenoxy) is 1. The van der Waals surface area contributed by atoms with Gasteiger partial charge in [-0.1, -0.05) is 18.2 Å². The first-order valence-electron chi connectivity index (χ1n) is 6.37. The van der Waals surface area contributed by atoms with E-state index >= 15 is 0 Å². The minimum absolute atomic E-state index is 0.325. The van der Waals surface area contributed by atoms with Gasteiger partial charge >= 0.3 is 5.97 Å². The normalized spacial score (nSPS) is 10.2. The van der Waals surface area contributed by atoms with Gasteiger partial charge in [0.1, 0.15) is 6.61 Å². The van der Waals surface area contributed by atoms with Crippen LogP contribution in [-0.2, 0) is 4.74 Å². The molecule has 0 amide bonds. The highest BCUT2D eigenvalue weighted by Gasteiger charge is 2.08. The van der Waals surface area contributed by atoms with Crippen LogP contribution >= 0.6 is 11.8 Å². The van der Waals surface area contributed by atoms with Gasteiger partial charge in [0.15, 0.2) is 0 Å². The van der Waals surface area contributed by atoms with E-state index < -0.39 is 0 Å². The zero-order valence-corrected chi connectivity index (χ0v) is 12.2. The molecule has 2 aromatic rings. The molecular formula is C16H17NO2S. The molecule has 0 aromatic heterocycles. The molecule has 0 heterocycles. The van der Waals surface area contributed by atoms with E-state index in [-0.39, 0.29) is 5.97 Å².